The van der Waals surface area contributed by atoms with Gasteiger partial charge in [0, 0.05) is 30.9 Å². The Morgan fingerprint density at radius 3 is 2.70 bits per heavy atom. The van der Waals surface area contributed by atoms with Crippen LogP contribution in [0.25, 0.3) is 0 Å². The molecule has 0 aliphatic heterocycles. The zero-order chi connectivity index (χ0) is 14.5. The van der Waals surface area contributed by atoms with E-state index in [9.17, 15) is 5.11 Å². The molecule has 0 fully saturated rings. The number of hydrogen-bond donors (Lipinski definition) is 1. The molecule has 1 N–H and O–H groups in total. The molecule has 0 aliphatic carbocycles. The number of para-hydroxylation sites is 1. The predicted molar refractivity (Wildman–Crippen MR) is 80.0 cm³/mol. The molecule has 2 rings (SSSR count). The summed E-state index contributed by atoms with van der Waals surface area (Å²) in [7, 11) is 3.63. The summed E-state index contributed by atoms with van der Waals surface area (Å²) >= 11 is 0. The number of aliphatic hydroxyl groups excluding tert-OH is 1. The molecule has 1 aromatic carbocycles. The lowest BCUT2D eigenvalue weighted by Gasteiger charge is -2.23. The van der Waals surface area contributed by atoms with Crippen molar-refractivity contribution in [3.05, 3.63) is 53.7 Å². The quantitative estimate of drug-likeness (QED) is 0.909. The van der Waals surface area contributed by atoms with Gasteiger partial charge in [-0.05, 0) is 19.1 Å². The highest BCUT2D eigenvalue weighted by molar-refractivity contribution is 5.48. The number of methoxy groups -OCH3 is 1. The molecular formula is C16H20N2O2. The third-order valence-corrected chi connectivity index (χ3v) is 3.23. The van der Waals surface area contributed by atoms with Crippen molar-refractivity contribution in [1.29, 1.82) is 0 Å². The summed E-state index contributed by atoms with van der Waals surface area (Å²) < 4.78 is 5.36. The van der Waals surface area contributed by atoms with Crippen LogP contribution in [0.2, 0.25) is 0 Å². The van der Waals surface area contributed by atoms with Crippen LogP contribution in [0.1, 0.15) is 24.2 Å². The van der Waals surface area contributed by atoms with Crippen molar-refractivity contribution in [3.8, 4) is 5.75 Å². The molecule has 0 radical (unpaired) electrons. The largest absolute Gasteiger partial charge is 0.496 e. The van der Waals surface area contributed by atoms with Gasteiger partial charge in [-0.15, -0.1) is 0 Å². The Balaban J connectivity index is 2.26. The van der Waals surface area contributed by atoms with Crippen LogP contribution in [0.4, 0.5) is 5.82 Å². The number of pyridine rings is 1. The zero-order valence-corrected chi connectivity index (χ0v) is 12.1. The minimum Gasteiger partial charge on any atom is -0.496 e. The third kappa shape index (κ3) is 3.08. The number of anilines is 1. The zero-order valence-electron chi connectivity index (χ0n) is 12.1. The van der Waals surface area contributed by atoms with Crippen LogP contribution in [0.15, 0.2) is 42.6 Å². The maximum atomic E-state index is 9.83. The molecule has 106 valence electrons. The Kier molecular flexibility index (Phi) is 4.58. The van der Waals surface area contributed by atoms with Gasteiger partial charge in [-0.1, -0.05) is 24.3 Å². The number of benzene rings is 1. The first-order chi connectivity index (χ1) is 9.63. The van der Waals surface area contributed by atoms with Gasteiger partial charge in [-0.25, -0.2) is 4.98 Å². The maximum Gasteiger partial charge on any atom is 0.134 e. The van der Waals surface area contributed by atoms with Crippen LogP contribution >= 0.6 is 0 Å². The Bertz CT molecular complexity index is 570. The van der Waals surface area contributed by atoms with Crippen molar-refractivity contribution in [2.75, 3.05) is 19.1 Å². The molecule has 0 spiro atoms. The van der Waals surface area contributed by atoms with Gasteiger partial charge in [-0.3, -0.25) is 0 Å². The third-order valence-electron chi connectivity index (χ3n) is 3.23. The van der Waals surface area contributed by atoms with E-state index < -0.39 is 6.10 Å². The highest BCUT2D eigenvalue weighted by atomic mass is 16.5. The molecule has 0 amide bonds. The Morgan fingerprint density at radius 1 is 1.25 bits per heavy atom. The van der Waals surface area contributed by atoms with E-state index >= 15 is 0 Å². The van der Waals surface area contributed by atoms with E-state index in [1.54, 1.807) is 20.2 Å². The minimum atomic E-state index is -0.543. The topological polar surface area (TPSA) is 45.6 Å². The first kappa shape index (κ1) is 14.3. The van der Waals surface area contributed by atoms with Crippen LogP contribution in [0.5, 0.6) is 5.75 Å². The highest BCUT2D eigenvalue weighted by Crippen LogP contribution is 2.26. The van der Waals surface area contributed by atoms with Crippen molar-refractivity contribution in [3.63, 3.8) is 0 Å². The van der Waals surface area contributed by atoms with Gasteiger partial charge in [0.25, 0.3) is 0 Å². The molecule has 0 bridgehead atoms. The van der Waals surface area contributed by atoms with Gasteiger partial charge in [0.2, 0.25) is 0 Å². The van der Waals surface area contributed by atoms with Crippen LogP contribution in [-0.2, 0) is 6.54 Å². The van der Waals surface area contributed by atoms with Crippen molar-refractivity contribution in [2.45, 2.75) is 19.6 Å². The fraction of sp³-hybridized carbons (Fsp3) is 0.312. The number of rotatable bonds is 5. The summed E-state index contributed by atoms with van der Waals surface area (Å²) in [5.74, 6) is 1.64. The van der Waals surface area contributed by atoms with Gasteiger partial charge in [0.1, 0.15) is 11.6 Å². The van der Waals surface area contributed by atoms with E-state index in [0.29, 0.717) is 6.54 Å². The second-order valence-corrected chi connectivity index (χ2v) is 4.76. The molecule has 1 unspecified atom stereocenters. The fourth-order valence-corrected chi connectivity index (χ4v) is 2.22. The van der Waals surface area contributed by atoms with E-state index in [4.69, 9.17) is 4.74 Å². The smallest absolute Gasteiger partial charge is 0.134 e. The highest BCUT2D eigenvalue weighted by Gasteiger charge is 2.14. The average Bonchev–Trinajstić information content (AvgIpc) is 2.47. The van der Waals surface area contributed by atoms with E-state index in [1.807, 2.05) is 48.3 Å². The van der Waals surface area contributed by atoms with Crippen molar-refractivity contribution >= 4 is 5.82 Å². The van der Waals surface area contributed by atoms with Crippen LogP contribution in [-0.4, -0.2) is 24.2 Å². The van der Waals surface area contributed by atoms with E-state index in [-0.39, 0.29) is 0 Å². The first-order valence-corrected chi connectivity index (χ1v) is 6.59. The molecule has 2 aromatic rings. The van der Waals surface area contributed by atoms with Crippen molar-refractivity contribution in [1.82, 2.24) is 4.98 Å². The maximum absolute atomic E-state index is 9.83. The molecule has 0 aliphatic rings. The molecule has 1 atom stereocenters. The number of nitrogens with zero attached hydrogens (tertiary/aromatic N) is 2. The lowest BCUT2D eigenvalue weighted by atomic mass is 10.1. The van der Waals surface area contributed by atoms with Crippen molar-refractivity contribution < 1.29 is 9.84 Å². The van der Waals surface area contributed by atoms with Crippen LogP contribution in [0.3, 0.4) is 0 Å². The Morgan fingerprint density at radius 2 is 2.00 bits per heavy atom. The van der Waals surface area contributed by atoms with E-state index in [0.717, 1.165) is 22.7 Å². The predicted octanol–water partition coefficient (Wildman–Crippen LogP) is 2.78. The number of hydrogen-bond acceptors (Lipinski definition) is 4. The molecular weight excluding hydrogens is 252 g/mol. The van der Waals surface area contributed by atoms with E-state index in [1.165, 1.54) is 0 Å². The van der Waals surface area contributed by atoms with Gasteiger partial charge < -0.3 is 14.7 Å². The normalized spacial score (nSPS) is 12.0. The first-order valence-electron chi connectivity index (χ1n) is 6.59. The summed E-state index contributed by atoms with van der Waals surface area (Å²) in [5.41, 5.74) is 1.91. The van der Waals surface area contributed by atoms with Gasteiger partial charge in [-0.2, -0.15) is 0 Å². The summed E-state index contributed by atoms with van der Waals surface area (Å²) in [6.45, 7) is 2.41. The number of aromatic nitrogens is 1. The fourth-order valence-electron chi connectivity index (χ4n) is 2.22. The summed E-state index contributed by atoms with van der Waals surface area (Å²) in [4.78, 5) is 6.39. The molecule has 0 saturated heterocycles. The standard InChI is InChI=1S/C16H20N2O2/c1-12(19)14-8-6-10-17-16(14)18(2)11-13-7-4-5-9-15(13)20-3/h4-10,12,19H,11H2,1-3H3. The van der Waals surface area contributed by atoms with Gasteiger partial charge >= 0.3 is 0 Å². The minimum absolute atomic E-state index is 0.543. The van der Waals surface area contributed by atoms with Gasteiger partial charge in [0.05, 0.1) is 13.2 Å². The lowest BCUT2D eigenvalue weighted by molar-refractivity contribution is 0.199. The Hall–Kier alpha value is -2.07. The van der Waals surface area contributed by atoms with E-state index in [2.05, 4.69) is 4.98 Å². The molecule has 4 nitrogen and oxygen atoms in total. The SMILES string of the molecule is COc1ccccc1CN(C)c1ncccc1C(C)O. The van der Waals surface area contributed by atoms with Crippen LogP contribution < -0.4 is 9.64 Å². The summed E-state index contributed by atoms with van der Waals surface area (Å²) in [5, 5.41) is 9.83. The summed E-state index contributed by atoms with van der Waals surface area (Å²) in [6, 6.07) is 11.6. The monoisotopic (exact) mass is 272 g/mol. The Labute approximate surface area is 119 Å². The molecule has 20 heavy (non-hydrogen) atoms. The number of aliphatic hydroxyl groups is 1. The second-order valence-electron chi connectivity index (χ2n) is 4.76. The number of ether oxygens (including phenoxy) is 1. The average molecular weight is 272 g/mol. The molecule has 1 aromatic heterocycles. The molecule has 1 heterocycles. The molecule has 0 saturated carbocycles. The molecule has 4 heteroatoms. The summed E-state index contributed by atoms with van der Waals surface area (Å²) in [6.07, 6.45) is 1.19. The van der Waals surface area contributed by atoms with Crippen LogP contribution in [0, 0.1) is 0 Å². The van der Waals surface area contributed by atoms with Crippen molar-refractivity contribution in [2.24, 2.45) is 0 Å². The van der Waals surface area contributed by atoms with Gasteiger partial charge in [0.15, 0.2) is 0 Å². The lowest BCUT2D eigenvalue weighted by Crippen LogP contribution is -2.20. The second kappa shape index (κ2) is 6.39.